The summed E-state index contributed by atoms with van der Waals surface area (Å²) in [5, 5.41) is 15.9. The summed E-state index contributed by atoms with van der Waals surface area (Å²) in [4.78, 5) is 16.5. The lowest BCUT2D eigenvalue weighted by atomic mass is 10.0. The van der Waals surface area contributed by atoms with Crippen LogP contribution in [0.5, 0.6) is 0 Å². The van der Waals surface area contributed by atoms with Gasteiger partial charge in [0.05, 0.1) is 10.6 Å². The molecule has 0 aliphatic heterocycles. The van der Waals surface area contributed by atoms with Crippen LogP contribution in [0.25, 0.3) is 11.4 Å². The van der Waals surface area contributed by atoms with Gasteiger partial charge in [0.1, 0.15) is 6.07 Å². The average molecular weight is 395 g/mol. The normalized spacial score (nSPS) is 10.7. The second-order valence-electron chi connectivity index (χ2n) is 6.64. The molecule has 1 aromatic heterocycles. The van der Waals surface area contributed by atoms with Crippen LogP contribution in [-0.4, -0.2) is 16.0 Å². The van der Waals surface area contributed by atoms with E-state index in [1.54, 1.807) is 18.2 Å². The van der Waals surface area contributed by atoms with Crippen molar-refractivity contribution in [3.05, 3.63) is 64.5 Å². The topological polar surface area (TPSA) is 91.8 Å². The number of anilines is 1. The molecule has 3 rings (SSSR count). The standard InChI is InChI=1S/C21H19ClN4O2/c1-13(2)14-3-5-15(6-4-14)21-25-20(28-26-21)10-9-19(27)24-17-8-7-16(12-23)18(22)11-17/h3-8,11,13H,9-10H2,1-2H3,(H,24,27). The molecule has 3 aromatic rings. The van der Waals surface area contributed by atoms with Crippen LogP contribution in [0.2, 0.25) is 5.02 Å². The molecule has 142 valence electrons. The van der Waals surface area contributed by atoms with E-state index in [-0.39, 0.29) is 12.3 Å². The Morgan fingerprint density at radius 1 is 1.25 bits per heavy atom. The predicted molar refractivity (Wildman–Crippen MR) is 107 cm³/mol. The van der Waals surface area contributed by atoms with E-state index < -0.39 is 0 Å². The first-order chi connectivity index (χ1) is 13.5. The minimum absolute atomic E-state index is 0.186. The molecule has 0 saturated heterocycles. The van der Waals surface area contributed by atoms with Crippen molar-refractivity contribution in [2.24, 2.45) is 0 Å². The first-order valence-electron chi connectivity index (χ1n) is 8.88. The summed E-state index contributed by atoms with van der Waals surface area (Å²) in [6.45, 7) is 4.27. The molecule has 28 heavy (non-hydrogen) atoms. The van der Waals surface area contributed by atoms with Crippen LogP contribution in [0.3, 0.4) is 0 Å². The van der Waals surface area contributed by atoms with E-state index >= 15 is 0 Å². The van der Waals surface area contributed by atoms with E-state index in [2.05, 4.69) is 29.3 Å². The highest BCUT2D eigenvalue weighted by atomic mass is 35.5. The van der Waals surface area contributed by atoms with E-state index in [1.807, 2.05) is 30.3 Å². The zero-order chi connectivity index (χ0) is 20.1. The first kappa shape index (κ1) is 19.6. The maximum Gasteiger partial charge on any atom is 0.227 e. The van der Waals surface area contributed by atoms with Gasteiger partial charge in [0, 0.05) is 24.1 Å². The Hall–Kier alpha value is -3.17. The van der Waals surface area contributed by atoms with Gasteiger partial charge in [0.15, 0.2) is 0 Å². The van der Waals surface area contributed by atoms with Crippen molar-refractivity contribution in [1.82, 2.24) is 10.1 Å². The van der Waals surface area contributed by atoms with Gasteiger partial charge in [-0.15, -0.1) is 0 Å². The average Bonchev–Trinajstić information content (AvgIpc) is 3.16. The number of carbonyl (C=O) groups is 1. The highest BCUT2D eigenvalue weighted by Gasteiger charge is 2.12. The molecule has 0 unspecified atom stereocenters. The predicted octanol–water partition coefficient (Wildman–Crippen LogP) is 4.96. The zero-order valence-electron chi connectivity index (χ0n) is 15.6. The lowest BCUT2D eigenvalue weighted by molar-refractivity contribution is -0.116. The summed E-state index contributed by atoms with van der Waals surface area (Å²) in [5.41, 5.74) is 3.01. The molecule has 1 N–H and O–H groups in total. The van der Waals surface area contributed by atoms with Crippen molar-refractivity contribution in [1.29, 1.82) is 5.26 Å². The Morgan fingerprint density at radius 3 is 2.64 bits per heavy atom. The maximum absolute atomic E-state index is 12.1. The van der Waals surface area contributed by atoms with Gasteiger partial charge in [-0.25, -0.2) is 0 Å². The molecule has 0 aliphatic rings. The number of benzene rings is 2. The van der Waals surface area contributed by atoms with E-state index in [0.29, 0.717) is 40.3 Å². The fraction of sp³-hybridized carbons (Fsp3) is 0.238. The number of rotatable bonds is 6. The van der Waals surface area contributed by atoms with Crippen LogP contribution in [0.1, 0.15) is 43.2 Å². The summed E-state index contributed by atoms with van der Waals surface area (Å²) < 4.78 is 5.25. The molecule has 0 bridgehead atoms. The van der Waals surface area contributed by atoms with Crippen molar-refractivity contribution >= 4 is 23.2 Å². The van der Waals surface area contributed by atoms with Gasteiger partial charge in [-0.05, 0) is 29.7 Å². The molecule has 1 amide bonds. The Balaban J connectivity index is 1.57. The number of aromatic nitrogens is 2. The van der Waals surface area contributed by atoms with Crippen LogP contribution >= 0.6 is 11.6 Å². The van der Waals surface area contributed by atoms with Crippen molar-refractivity contribution < 1.29 is 9.32 Å². The van der Waals surface area contributed by atoms with Gasteiger partial charge in [-0.1, -0.05) is 54.9 Å². The number of nitriles is 1. The molecule has 1 heterocycles. The molecule has 0 spiro atoms. The summed E-state index contributed by atoms with van der Waals surface area (Å²) in [6.07, 6.45) is 0.512. The fourth-order valence-electron chi connectivity index (χ4n) is 2.62. The van der Waals surface area contributed by atoms with Crippen molar-refractivity contribution in [2.75, 3.05) is 5.32 Å². The number of nitrogens with zero attached hydrogens (tertiary/aromatic N) is 3. The van der Waals surface area contributed by atoms with Gasteiger partial charge in [0.25, 0.3) is 0 Å². The van der Waals surface area contributed by atoms with Crippen LogP contribution in [-0.2, 0) is 11.2 Å². The summed E-state index contributed by atoms with van der Waals surface area (Å²) >= 11 is 5.97. The lowest BCUT2D eigenvalue weighted by Crippen LogP contribution is -2.12. The lowest BCUT2D eigenvalue weighted by Gasteiger charge is -2.05. The second-order valence-corrected chi connectivity index (χ2v) is 7.05. The summed E-state index contributed by atoms with van der Waals surface area (Å²) in [6, 6.07) is 14.7. The van der Waals surface area contributed by atoms with Gasteiger partial charge in [0.2, 0.25) is 17.6 Å². The number of hydrogen-bond donors (Lipinski definition) is 1. The fourth-order valence-corrected chi connectivity index (χ4v) is 2.84. The quantitative estimate of drug-likeness (QED) is 0.638. The van der Waals surface area contributed by atoms with Crippen molar-refractivity contribution in [3.8, 4) is 17.5 Å². The van der Waals surface area contributed by atoms with Gasteiger partial charge in [-0.3, -0.25) is 4.79 Å². The van der Waals surface area contributed by atoms with E-state index in [0.717, 1.165) is 5.56 Å². The number of carbonyl (C=O) groups excluding carboxylic acids is 1. The molecule has 2 aromatic carbocycles. The van der Waals surface area contributed by atoms with Gasteiger partial charge >= 0.3 is 0 Å². The van der Waals surface area contributed by atoms with E-state index in [9.17, 15) is 4.79 Å². The summed E-state index contributed by atoms with van der Waals surface area (Å²) in [7, 11) is 0. The Bertz CT molecular complexity index is 1020. The minimum atomic E-state index is -0.207. The van der Waals surface area contributed by atoms with Crippen molar-refractivity contribution in [3.63, 3.8) is 0 Å². The Kier molecular flexibility index (Phi) is 6.07. The van der Waals surface area contributed by atoms with Crippen LogP contribution in [0.4, 0.5) is 5.69 Å². The molecule has 0 saturated carbocycles. The van der Waals surface area contributed by atoms with E-state index in [4.69, 9.17) is 21.4 Å². The van der Waals surface area contributed by atoms with Gasteiger partial charge < -0.3 is 9.84 Å². The number of aryl methyl sites for hydroxylation is 1. The third-order valence-electron chi connectivity index (χ3n) is 4.24. The van der Waals surface area contributed by atoms with E-state index in [1.165, 1.54) is 5.56 Å². The molecule has 7 heteroatoms. The minimum Gasteiger partial charge on any atom is -0.339 e. The summed E-state index contributed by atoms with van der Waals surface area (Å²) in [5.74, 6) is 1.15. The highest BCUT2D eigenvalue weighted by molar-refractivity contribution is 6.32. The molecule has 0 atom stereocenters. The Morgan fingerprint density at radius 2 is 2.00 bits per heavy atom. The molecule has 0 fully saturated rings. The number of halogens is 1. The first-order valence-corrected chi connectivity index (χ1v) is 9.26. The molecule has 0 radical (unpaired) electrons. The SMILES string of the molecule is CC(C)c1ccc(-c2noc(CCC(=O)Nc3ccc(C#N)c(Cl)c3)n2)cc1. The number of amides is 1. The third kappa shape index (κ3) is 4.76. The van der Waals surface area contributed by atoms with Crippen LogP contribution in [0, 0.1) is 11.3 Å². The monoisotopic (exact) mass is 394 g/mol. The molecule has 6 nitrogen and oxygen atoms in total. The van der Waals surface area contributed by atoms with Crippen molar-refractivity contribution in [2.45, 2.75) is 32.6 Å². The zero-order valence-corrected chi connectivity index (χ0v) is 16.3. The molecule has 0 aliphatic carbocycles. The molecular weight excluding hydrogens is 376 g/mol. The van der Waals surface area contributed by atoms with Crippen LogP contribution < -0.4 is 5.32 Å². The molecular formula is C21H19ClN4O2. The number of hydrogen-bond acceptors (Lipinski definition) is 5. The highest BCUT2D eigenvalue weighted by Crippen LogP contribution is 2.22. The largest absolute Gasteiger partial charge is 0.339 e. The number of nitrogens with one attached hydrogen (secondary N) is 1. The maximum atomic E-state index is 12.1. The second kappa shape index (κ2) is 8.68. The van der Waals surface area contributed by atoms with Gasteiger partial charge in [-0.2, -0.15) is 10.2 Å². The van der Waals surface area contributed by atoms with Crippen LogP contribution in [0.15, 0.2) is 47.0 Å². The Labute approximate surface area is 168 Å². The third-order valence-corrected chi connectivity index (χ3v) is 4.56. The smallest absolute Gasteiger partial charge is 0.227 e.